The van der Waals surface area contributed by atoms with E-state index in [1.807, 2.05) is 6.20 Å². The van der Waals surface area contributed by atoms with Crippen LogP contribution in [0.25, 0.3) is 22.3 Å². The molecule has 0 amide bonds. The van der Waals surface area contributed by atoms with Crippen LogP contribution in [0.3, 0.4) is 0 Å². The summed E-state index contributed by atoms with van der Waals surface area (Å²) in [6.45, 7) is 8.47. The summed E-state index contributed by atoms with van der Waals surface area (Å²) < 4.78 is 5.55. The zero-order valence-corrected chi connectivity index (χ0v) is 14.4. The number of fused-ring (bicyclic) bond motifs is 1. The van der Waals surface area contributed by atoms with Crippen LogP contribution in [0, 0.1) is 6.92 Å². The predicted octanol–water partition coefficient (Wildman–Crippen LogP) is 4.63. The molecular formula is C19H23N3O. The third-order valence-corrected chi connectivity index (χ3v) is 4.22. The number of pyridine rings is 2. The second kappa shape index (κ2) is 6.03. The van der Waals surface area contributed by atoms with Gasteiger partial charge in [-0.05, 0) is 48.6 Å². The summed E-state index contributed by atoms with van der Waals surface area (Å²) in [5, 5.41) is 0. The van der Waals surface area contributed by atoms with Gasteiger partial charge < -0.3 is 9.72 Å². The molecule has 0 atom stereocenters. The van der Waals surface area contributed by atoms with Gasteiger partial charge in [0.05, 0.1) is 29.4 Å². The molecule has 23 heavy (non-hydrogen) atoms. The molecule has 0 unspecified atom stereocenters. The van der Waals surface area contributed by atoms with E-state index >= 15 is 0 Å². The molecule has 3 heterocycles. The largest absolute Gasteiger partial charge is 0.480 e. The van der Waals surface area contributed by atoms with E-state index in [9.17, 15) is 0 Å². The number of nitrogens with zero attached hydrogens (tertiary/aromatic N) is 2. The van der Waals surface area contributed by atoms with Gasteiger partial charge in [0, 0.05) is 11.9 Å². The molecule has 0 bridgehead atoms. The maximum Gasteiger partial charge on any atom is 0.222 e. The first-order valence-corrected chi connectivity index (χ1v) is 8.08. The first kappa shape index (κ1) is 15.5. The molecule has 1 N–H and O–H groups in total. The lowest BCUT2D eigenvalue weighted by atomic mass is 10.0. The van der Waals surface area contributed by atoms with Crippen molar-refractivity contribution in [2.45, 2.75) is 40.0 Å². The molecule has 120 valence electrons. The summed E-state index contributed by atoms with van der Waals surface area (Å²) in [4.78, 5) is 12.9. The van der Waals surface area contributed by atoms with Crippen molar-refractivity contribution in [2.75, 3.05) is 7.11 Å². The van der Waals surface area contributed by atoms with Gasteiger partial charge in [0.25, 0.3) is 0 Å². The van der Waals surface area contributed by atoms with Gasteiger partial charge in [0.15, 0.2) is 0 Å². The monoisotopic (exact) mass is 309 g/mol. The molecule has 3 rings (SSSR count). The normalized spacial score (nSPS) is 11.4. The number of ether oxygens (including phenoxy) is 1. The zero-order valence-electron chi connectivity index (χ0n) is 14.4. The van der Waals surface area contributed by atoms with Crippen LogP contribution in [0.15, 0.2) is 24.4 Å². The van der Waals surface area contributed by atoms with E-state index < -0.39 is 0 Å². The van der Waals surface area contributed by atoms with Crippen molar-refractivity contribution < 1.29 is 4.74 Å². The number of rotatable bonds is 4. The minimum atomic E-state index is 0.367. The molecule has 0 spiro atoms. The third-order valence-electron chi connectivity index (χ3n) is 4.22. The Bertz CT molecular complexity index is 849. The summed E-state index contributed by atoms with van der Waals surface area (Å²) in [7, 11) is 1.67. The smallest absolute Gasteiger partial charge is 0.222 e. The van der Waals surface area contributed by atoms with E-state index in [1.165, 1.54) is 5.56 Å². The molecule has 0 fully saturated rings. The Labute approximate surface area is 136 Å². The van der Waals surface area contributed by atoms with E-state index in [4.69, 9.17) is 9.72 Å². The summed E-state index contributed by atoms with van der Waals surface area (Å²) in [6.07, 6.45) is 2.91. The van der Waals surface area contributed by atoms with E-state index in [-0.39, 0.29) is 0 Å². The van der Waals surface area contributed by atoms with Gasteiger partial charge in [-0.1, -0.05) is 20.8 Å². The lowest BCUT2D eigenvalue weighted by Crippen LogP contribution is -2.01. The Kier molecular flexibility index (Phi) is 4.07. The summed E-state index contributed by atoms with van der Waals surface area (Å²) >= 11 is 0. The van der Waals surface area contributed by atoms with E-state index in [1.54, 1.807) is 7.11 Å². The van der Waals surface area contributed by atoms with E-state index in [0.29, 0.717) is 11.8 Å². The number of aryl methyl sites for hydroxylation is 2. The topological polar surface area (TPSA) is 50.8 Å². The van der Waals surface area contributed by atoms with Crippen molar-refractivity contribution in [2.24, 2.45) is 0 Å². The average molecular weight is 309 g/mol. The van der Waals surface area contributed by atoms with Gasteiger partial charge in [-0.3, -0.25) is 0 Å². The number of aromatic amines is 1. The number of hydrogen-bond donors (Lipinski definition) is 1. The Hall–Kier alpha value is -2.36. The highest BCUT2D eigenvalue weighted by molar-refractivity contribution is 5.84. The minimum absolute atomic E-state index is 0.367. The van der Waals surface area contributed by atoms with Crippen LogP contribution in [-0.4, -0.2) is 22.1 Å². The molecule has 0 aliphatic carbocycles. The van der Waals surface area contributed by atoms with Gasteiger partial charge in [-0.2, -0.15) is 0 Å². The first-order valence-electron chi connectivity index (χ1n) is 8.08. The van der Waals surface area contributed by atoms with Gasteiger partial charge in [-0.15, -0.1) is 0 Å². The Morgan fingerprint density at radius 3 is 2.65 bits per heavy atom. The number of aromatic nitrogens is 3. The molecule has 3 aromatic rings. The maximum atomic E-state index is 5.55. The van der Waals surface area contributed by atoms with Crippen LogP contribution < -0.4 is 4.74 Å². The Morgan fingerprint density at radius 2 is 2.00 bits per heavy atom. The Morgan fingerprint density at radius 1 is 1.22 bits per heavy atom. The molecule has 4 heteroatoms. The SMILES string of the molecule is CCc1cc2[nH]cc(C)c2nc1-c1ccc(C(C)C)nc1OC. The first-order chi connectivity index (χ1) is 11.0. The summed E-state index contributed by atoms with van der Waals surface area (Å²) in [6, 6.07) is 6.33. The van der Waals surface area contributed by atoms with Gasteiger partial charge >= 0.3 is 0 Å². The van der Waals surface area contributed by atoms with Crippen molar-refractivity contribution in [3.05, 3.63) is 41.2 Å². The van der Waals surface area contributed by atoms with E-state index in [0.717, 1.165) is 40.0 Å². The van der Waals surface area contributed by atoms with Crippen LogP contribution in [0.5, 0.6) is 5.88 Å². The molecule has 0 saturated carbocycles. The molecule has 0 saturated heterocycles. The zero-order chi connectivity index (χ0) is 16.6. The number of H-pyrrole nitrogens is 1. The van der Waals surface area contributed by atoms with Crippen molar-refractivity contribution in [3.63, 3.8) is 0 Å². The highest BCUT2D eigenvalue weighted by Crippen LogP contribution is 2.33. The molecule has 0 aromatic carbocycles. The van der Waals surface area contributed by atoms with Crippen molar-refractivity contribution in [1.29, 1.82) is 0 Å². The third kappa shape index (κ3) is 2.69. The molecular weight excluding hydrogens is 286 g/mol. The minimum Gasteiger partial charge on any atom is -0.480 e. The lowest BCUT2D eigenvalue weighted by Gasteiger charge is -2.13. The van der Waals surface area contributed by atoms with Crippen LogP contribution in [0.4, 0.5) is 0 Å². The number of nitrogens with one attached hydrogen (secondary N) is 1. The number of hydrogen-bond acceptors (Lipinski definition) is 3. The molecule has 3 aromatic heterocycles. The second-order valence-electron chi connectivity index (χ2n) is 6.17. The molecule has 0 aliphatic heterocycles. The predicted molar refractivity (Wildman–Crippen MR) is 94.1 cm³/mol. The maximum absolute atomic E-state index is 5.55. The fourth-order valence-corrected chi connectivity index (χ4v) is 2.83. The van der Waals surface area contributed by atoms with Crippen molar-refractivity contribution >= 4 is 11.0 Å². The van der Waals surface area contributed by atoms with Gasteiger partial charge in [0.1, 0.15) is 0 Å². The van der Waals surface area contributed by atoms with Crippen LogP contribution in [-0.2, 0) is 6.42 Å². The summed E-state index contributed by atoms with van der Waals surface area (Å²) in [5.41, 5.74) is 7.37. The van der Waals surface area contributed by atoms with Gasteiger partial charge in [-0.25, -0.2) is 9.97 Å². The quantitative estimate of drug-likeness (QED) is 0.764. The lowest BCUT2D eigenvalue weighted by molar-refractivity contribution is 0.397. The molecule has 4 nitrogen and oxygen atoms in total. The van der Waals surface area contributed by atoms with Crippen LogP contribution in [0.1, 0.15) is 43.5 Å². The molecule has 0 aliphatic rings. The number of methoxy groups -OCH3 is 1. The van der Waals surface area contributed by atoms with E-state index in [2.05, 4.69) is 55.9 Å². The second-order valence-corrected chi connectivity index (χ2v) is 6.17. The fourth-order valence-electron chi connectivity index (χ4n) is 2.83. The van der Waals surface area contributed by atoms with Gasteiger partial charge in [0.2, 0.25) is 5.88 Å². The van der Waals surface area contributed by atoms with Crippen molar-refractivity contribution in [1.82, 2.24) is 15.0 Å². The van der Waals surface area contributed by atoms with Crippen LogP contribution in [0.2, 0.25) is 0 Å². The van der Waals surface area contributed by atoms with Crippen LogP contribution >= 0.6 is 0 Å². The summed E-state index contributed by atoms with van der Waals surface area (Å²) in [5.74, 6) is 1.01. The van der Waals surface area contributed by atoms with Crippen molar-refractivity contribution in [3.8, 4) is 17.1 Å². The fraction of sp³-hybridized carbons (Fsp3) is 0.368. The average Bonchev–Trinajstić information content (AvgIpc) is 2.93. The standard InChI is InChI=1S/C19H23N3O/c1-6-13-9-16-17(12(4)10-20-16)22-18(13)14-7-8-15(11(2)3)21-19(14)23-5/h7-11,20H,6H2,1-5H3. The Balaban J connectivity index is 2.24. The highest BCUT2D eigenvalue weighted by Gasteiger charge is 2.16. The highest BCUT2D eigenvalue weighted by atomic mass is 16.5. The molecule has 0 radical (unpaired) electrons.